The number of carbonyl (C=O) groups excluding carboxylic acids is 1. The van der Waals surface area contributed by atoms with Gasteiger partial charge in [-0.1, -0.05) is 31.4 Å². The molecule has 4 heteroatoms. The maximum atomic E-state index is 11.4. The van der Waals surface area contributed by atoms with Gasteiger partial charge in [-0.15, -0.1) is 0 Å². The summed E-state index contributed by atoms with van der Waals surface area (Å²) in [6.45, 7) is 3.32. The lowest BCUT2D eigenvalue weighted by atomic mass is 9.82. The molecule has 0 spiro atoms. The summed E-state index contributed by atoms with van der Waals surface area (Å²) in [7, 11) is 0. The molecule has 0 aromatic heterocycles. The minimum Gasteiger partial charge on any atom is -0.384 e. The normalized spacial score (nSPS) is 25.2. The molecule has 20 heavy (non-hydrogen) atoms. The fourth-order valence-corrected chi connectivity index (χ4v) is 3.61. The maximum Gasteiger partial charge on any atom is 0.228 e. The number of nitrogens with one attached hydrogen (secondary N) is 2. The van der Waals surface area contributed by atoms with Crippen molar-refractivity contribution in [3.63, 3.8) is 0 Å². The second kappa shape index (κ2) is 5.65. The highest BCUT2D eigenvalue weighted by Crippen LogP contribution is 2.34. The summed E-state index contributed by atoms with van der Waals surface area (Å²) in [4.78, 5) is 11.4. The van der Waals surface area contributed by atoms with E-state index in [9.17, 15) is 4.79 Å². The van der Waals surface area contributed by atoms with Crippen molar-refractivity contribution >= 4 is 28.9 Å². The van der Waals surface area contributed by atoms with Gasteiger partial charge in [-0.2, -0.15) is 0 Å². The third-order valence-electron chi connectivity index (χ3n) is 4.44. The van der Waals surface area contributed by atoms with Gasteiger partial charge in [0.1, 0.15) is 0 Å². The van der Waals surface area contributed by atoms with Gasteiger partial charge in [-0.25, -0.2) is 0 Å². The SMILES string of the molecule is CC1CCCC(CNc2cc3c(cc2Cl)NC(=O)C3)C1. The fraction of sp³-hybridized carbons (Fsp3) is 0.562. The van der Waals surface area contributed by atoms with Crippen LogP contribution < -0.4 is 10.6 Å². The molecule has 1 saturated carbocycles. The van der Waals surface area contributed by atoms with Crippen LogP contribution in [0.1, 0.15) is 38.2 Å². The summed E-state index contributed by atoms with van der Waals surface area (Å²) in [6, 6.07) is 3.87. The number of rotatable bonds is 3. The van der Waals surface area contributed by atoms with E-state index >= 15 is 0 Å². The first-order chi connectivity index (χ1) is 9.61. The van der Waals surface area contributed by atoms with Crippen LogP contribution in [-0.4, -0.2) is 12.5 Å². The summed E-state index contributed by atoms with van der Waals surface area (Å²) in [5.74, 6) is 1.63. The van der Waals surface area contributed by atoms with E-state index in [0.29, 0.717) is 11.4 Å². The van der Waals surface area contributed by atoms with Crippen LogP contribution in [0, 0.1) is 11.8 Å². The molecular weight excluding hydrogens is 272 g/mol. The number of amides is 1. The Morgan fingerprint density at radius 3 is 3.05 bits per heavy atom. The topological polar surface area (TPSA) is 41.1 Å². The Labute approximate surface area is 125 Å². The Balaban J connectivity index is 1.66. The summed E-state index contributed by atoms with van der Waals surface area (Å²) in [6.07, 6.45) is 5.77. The molecule has 0 radical (unpaired) electrons. The zero-order valence-corrected chi connectivity index (χ0v) is 12.6. The van der Waals surface area contributed by atoms with E-state index in [1.807, 2.05) is 12.1 Å². The molecule has 0 saturated heterocycles. The van der Waals surface area contributed by atoms with Crippen molar-refractivity contribution in [1.29, 1.82) is 0 Å². The average molecular weight is 293 g/mol. The average Bonchev–Trinajstić information content (AvgIpc) is 2.75. The molecular formula is C16H21ClN2O. The molecule has 0 bridgehead atoms. The van der Waals surface area contributed by atoms with E-state index in [2.05, 4.69) is 17.6 Å². The minimum atomic E-state index is 0.0503. The van der Waals surface area contributed by atoms with Crippen LogP contribution in [0.3, 0.4) is 0 Å². The molecule has 108 valence electrons. The quantitative estimate of drug-likeness (QED) is 0.881. The molecule has 1 heterocycles. The molecule has 1 amide bonds. The summed E-state index contributed by atoms with van der Waals surface area (Å²) in [5, 5.41) is 6.99. The van der Waals surface area contributed by atoms with Crippen molar-refractivity contribution in [2.75, 3.05) is 17.2 Å². The molecule has 2 aliphatic rings. The molecule has 2 N–H and O–H groups in total. The number of hydrogen-bond donors (Lipinski definition) is 2. The summed E-state index contributed by atoms with van der Waals surface area (Å²) in [5.41, 5.74) is 2.86. The van der Waals surface area contributed by atoms with Crippen LogP contribution in [-0.2, 0) is 11.2 Å². The zero-order chi connectivity index (χ0) is 14.1. The monoisotopic (exact) mass is 292 g/mol. The number of hydrogen-bond acceptors (Lipinski definition) is 2. The third kappa shape index (κ3) is 2.93. The smallest absolute Gasteiger partial charge is 0.228 e. The number of anilines is 2. The Bertz CT molecular complexity index is 529. The Morgan fingerprint density at radius 1 is 1.40 bits per heavy atom. The Morgan fingerprint density at radius 2 is 2.25 bits per heavy atom. The van der Waals surface area contributed by atoms with Crippen LogP contribution in [0.15, 0.2) is 12.1 Å². The van der Waals surface area contributed by atoms with Crippen molar-refractivity contribution in [3.8, 4) is 0 Å². The van der Waals surface area contributed by atoms with Gasteiger partial charge in [-0.05, 0) is 42.4 Å². The molecule has 2 unspecified atom stereocenters. The first kappa shape index (κ1) is 13.7. The van der Waals surface area contributed by atoms with Crippen molar-refractivity contribution in [2.45, 2.75) is 39.0 Å². The second-order valence-electron chi connectivity index (χ2n) is 6.23. The van der Waals surface area contributed by atoms with Gasteiger partial charge in [0.15, 0.2) is 0 Å². The molecule has 1 aromatic rings. The van der Waals surface area contributed by atoms with Gasteiger partial charge in [0, 0.05) is 12.2 Å². The predicted molar refractivity (Wildman–Crippen MR) is 83.4 cm³/mol. The largest absolute Gasteiger partial charge is 0.384 e. The van der Waals surface area contributed by atoms with Crippen LogP contribution in [0.25, 0.3) is 0 Å². The molecule has 3 nitrogen and oxygen atoms in total. The number of halogens is 1. The molecule has 3 rings (SSSR count). The van der Waals surface area contributed by atoms with E-state index < -0.39 is 0 Å². The minimum absolute atomic E-state index is 0.0503. The standard InChI is InChI=1S/C16H21ClN2O/c1-10-3-2-4-11(5-10)9-18-15-6-12-7-16(20)19-14(12)8-13(15)17/h6,8,10-11,18H,2-5,7,9H2,1H3,(H,19,20). The Kier molecular flexibility index (Phi) is 3.88. The lowest BCUT2D eigenvalue weighted by molar-refractivity contribution is -0.115. The highest BCUT2D eigenvalue weighted by atomic mass is 35.5. The summed E-state index contributed by atoms with van der Waals surface area (Å²) >= 11 is 6.29. The first-order valence-corrected chi connectivity index (χ1v) is 7.86. The van der Waals surface area contributed by atoms with Crippen molar-refractivity contribution in [2.24, 2.45) is 11.8 Å². The molecule has 1 aromatic carbocycles. The zero-order valence-electron chi connectivity index (χ0n) is 11.8. The van der Waals surface area contributed by atoms with Crippen molar-refractivity contribution in [3.05, 3.63) is 22.7 Å². The van der Waals surface area contributed by atoms with Gasteiger partial charge < -0.3 is 10.6 Å². The van der Waals surface area contributed by atoms with Crippen LogP contribution in [0.5, 0.6) is 0 Å². The molecule has 1 aliphatic carbocycles. The van der Waals surface area contributed by atoms with Gasteiger partial charge >= 0.3 is 0 Å². The number of fused-ring (bicyclic) bond motifs is 1. The third-order valence-corrected chi connectivity index (χ3v) is 4.76. The van der Waals surface area contributed by atoms with Crippen molar-refractivity contribution < 1.29 is 4.79 Å². The van der Waals surface area contributed by atoms with Crippen molar-refractivity contribution in [1.82, 2.24) is 0 Å². The molecule has 1 aliphatic heterocycles. The second-order valence-corrected chi connectivity index (χ2v) is 6.64. The lowest BCUT2D eigenvalue weighted by Gasteiger charge is -2.27. The van der Waals surface area contributed by atoms with Gasteiger partial charge in [0.2, 0.25) is 5.91 Å². The van der Waals surface area contributed by atoms with Crippen LogP contribution in [0.2, 0.25) is 5.02 Å². The van der Waals surface area contributed by atoms with Gasteiger partial charge in [-0.3, -0.25) is 4.79 Å². The predicted octanol–water partition coefficient (Wildman–Crippen LogP) is 4.07. The maximum absolute atomic E-state index is 11.4. The van der Waals surface area contributed by atoms with Gasteiger partial charge in [0.05, 0.1) is 17.1 Å². The fourth-order valence-electron chi connectivity index (χ4n) is 3.38. The molecule has 1 fully saturated rings. The number of carbonyl (C=O) groups is 1. The van der Waals surface area contributed by atoms with E-state index in [1.165, 1.54) is 25.7 Å². The first-order valence-electron chi connectivity index (χ1n) is 7.48. The van der Waals surface area contributed by atoms with Crippen LogP contribution in [0.4, 0.5) is 11.4 Å². The Hall–Kier alpha value is -1.22. The molecule has 2 atom stereocenters. The van der Waals surface area contributed by atoms with E-state index in [4.69, 9.17) is 11.6 Å². The lowest BCUT2D eigenvalue weighted by Crippen LogP contribution is -2.21. The van der Waals surface area contributed by atoms with E-state index in [0.717, 1.165) is 35.3 Å². The van der Waals surface area contributed by atoms with Crippen LogP contribution >= 0.6 is 11.6 Å². The van der Waals surface area contributed by atoms with E-state index in [1.54, 1.807) is 0 Å². The number of benzene rings is 1. The van der Waals surface area contributed by atoms with Gasteiger partial charge in [0.25, 0.3) is 0 Å². The highest BCUT2D eigenvalue weighted by Gasteiger charge is 2.21. The highest BCUT2D eigenvalue weighted by molar-refractivity contribution is 6.33. The van der Waals surface area contributed by atoms with E-state index in [-0.39, 0.29) is 5.91 Å². The summed E-state index contributed by atoms with van der Waals surface area (Å²) < 4.78 is 0.